The fourth-order valence-electron chi connectivity index (χ4n) is 3.17. The van der Waals surface area contributed by atoms with Crippen LogP contribution in [0.4, 0.5) is 5.69 Å². The molecule has 0 spiro atoms. The Bertz CT molecular complexity index is 1080. The molecule has 0 unspecified atom stereocenters. The number of aryl methyl sites for hydroxylation is 2. The molecule has 1 amide bonds. The quantitative estimate of drug-likeness (QED) is 0.512. The second-order valence-electron chi connectivity index (χ2n) is 7.04. The van der Waals surface area contributed by atoms with E-state index in [0.717, 1.165) is 22.4 Å². The summed E-state index contributed by atoms with van der Waals surface area (Å²) in [4.78, 5) is 21.4. The van der Waals surface area contributed by atoms with E-state index in [2.05, 4.69) is 20.6 Å². The molecule has 2 heterocycles. The van der Waals surface area contributed by atoms with Crippen LogP contribution in [0.15, 0.2) is 65.9 Å². The summed E-state index contributed by atoms with van der Waals surface area (Å²) in [5.41, 5.74) is 4.35. The number of hydrogen-bond acceptors (Lipinski definition) is 5. The number of aromatic nitrogens is 1. The number of carbonyl (C=O) groups is 1. The molecule has 7 nitrogen and oxygen atoms in total. The van der Waals surface area contributed by atoms with Gasteiger partial charge in [-0.2, -0.15) is 0 Å². The number of rotatable bonds is 4. The van der Waals surface area contributed by atoms with Crippen molar-refractivity contribution in [3.05, 3.63) is 83.2 Å². The van der Waals surface area contributed by atoms with E-state index in [4.69, 9.17) is 9.47 Å². The lowest BCUT2D eigenvalue weighted by Crippen LogP contribution is -2.36. The van der Waals surface area contributed by atoms with Gasteiger partial charge >= 0.3 is 0 Å². The van der Waals surface area contributed by atoms with E-state index in [1.54, 1.807) is 12.4 Å². The Morgan fingerprint density at radius 1 is 1.00 bits per heavy atom. The minimum atomic E-state index is -0.233. The van der Waals surface area contributed by atoms with Crippen LogP contribution in [-0.4, -0.2) is 23.6 Å². The average molecular weight is 402 g/mol. The summed E-state index contributed by atoms with van der Waals surface area (Å²) < 4.78 is 10.8. The SMILES string of the molecule is Cc1cc(C)cc(C(=O)NC(=NCc2ccncc2)Nc2ccc3c(c2)OCO3)c1. The fourth-order valence-corrected chi connectivity index (χ4v) is 3.17. The van der Waals surface area contributed by atoms with Gasteiger partial charge in [-0.15, -0.1) is 0 Å². The van der Waals surface area contributed by atoms with Gasteiger partial charge in [-0.3, -0.25) is 15.1 Å². The lowest BCUT2D eigenvalue weighted by molar-refractivity contribution is 0.0976. The topological polar surface area (TPSA) is 84.8 Å². The third-order valence-electron chi connectivity index (χ3n) is 4.52. The maximum absolute atomic E-state index is 12.9. The number of hydrogen-bond donors (Lipinski definition) is 2. The van der Waals surface area contributed by atoms with Crippen molar-refractivity contribution in [2.75, 3.05) is 12.1 Å². The fraction of sp³-hybridized carbons (Fsp3) is 0.174. The predicted octanol–water partition coefficient (Wildman–Crippen LogP) is 3.83. The van der Waals surface area contributed by atoms with Gasteiger partial charge in [-0.05, 0) is 55.8 Å². The summed E-state index contributed by atoms with van der Waals surface area (Å²) in [6.07, 6.45) is 3.42. The Labute approximate surface area is 174 Å². The van der Waals surface area contributed by atoms with Gasteiger partial charge in [-0.25, -0.2) is 4.99 Å². The molecule has 1 aliphatic heterocycles. The van der Waals surface area contributed by atoms with Gasteiger partial charge in [0.05, 0.1) is 6.54 Å². The molecule has 1 aromatic heterocycles. The Morgan fingerprint density at radius 3 is 2.50 bits per heavy atom. The van der Waals surface area contributed by atoms with E-state index in [1.165, 1.54) is 0 Å². The zero-order valence-corrected chi connectivity index (χ0v) is 16.8. The maximum atomic E-state index is 12.9. The molecule has 2 N–H and O–H groups in total. The molecule has 0 atom stereocenters. The van der Waals surface area contributed by atoms with Gasteiger partial charge in [0.25, 0.3) is 5.91 Å². The smallest absolute Gasteiger partial charge is 0.257 e. The van der Waals surface area contributed by atoms with Crippen LogP contribution in [0.3, 0.4) is 0 Å². The molecule has 0 saturated heterocycles. The number of fused-ring (bicyclic) bond motifs is 1. The number of pyridine rings is 1. The second kappa shape index (κ2) is 8.65. The van der Waals surface area contributed by atoms with Crippen molar-refractivity contribution >= 4 is 17.6 Å². The Kier molecular flexibility index (Phi) is 5.61. The summed E-state index contributed by atoms with van der Waals surface area (Å²) in [6.45, 7) is 4.52. The van der Waals surface area contributed by atoms with Crippen LogP contribution in [0.5, 0.6) is 11.5 Å². The van der Waals surface area contributed by atoms with Crippen molar-refractivity contribution in [1.29, 1.82) is 0 Å². The van der Waals surface area contributed by atoms with E-state index in [-0.39, 0.29) is 12.7 Å². The van der Waals surface area contributed by atoms with Crippen LogP contribution in [0.25, 0.3) is 0 Å². The summed E-state index contributed by atoms with van der Waals surface area (Å²) in [5.74, 6) is 1.45. The number of anilines is 1. The number of benzene rings is 2. The van der Waals surface area contributed by atoms with Crippen molar-refractivity contribution < 1.29 is 14.3 Å². The van der Waals surface area contributed by atoms with Crippen LogP contribution in [0.2, 0.25) is 0 Å². The highest BCUT2D eigenvalue weighted by atomic mass is 16.7. The molecular weight excluding hydrogens is 380 g/mol. The number of ether oxygens (including phenoxy) is 2. The van der Waals surface area contributed by atoms with Gasteiger partial charge in [0.2, 0.25) is 12.8 Å². The zero-order valence-electron chi connectivity index (χ0n) is 16.8. The van der Waals surface area contributed by atoms with E-state index >= 15 is 0 Å². The zero-order chi connectivity index (χ0) is 20.9. The number of guanidine groups is 1. The summed E-state index contributed by atoms with van der Waals surface area (Å²) in [6, 6.07) is 15.0. The molecule has 4 rings (SSSR count). The van der Waals surface area contributed by atoms with E-state index < -0.39 is 0 Å². The Morgan fingerprint density at radius 2 is 1.73 bits per heavy atom. The standard InChI is InChI=1S/C23H22N4O3/c1-15-9-16(2)11-18(10-15)22(28)27-23(25-13-17-5-7-24-8-6-17)26-19-3-4-20-21(12-19)30-14-29-20/h3-12H,13-14H2,1-2H3,(H2,25,26,27,28). The molecule has 0 radical (unpaired) electrons. The monoisotopic (exact) mass is 402 g/mol. The van der Waals surface area contributed by atoms with Crippen LogP contribution in [0.1, 0.15) is 27.0 Å². The van der Waals surface area contributed by atoms with Crippen LogP contribution in [-0.2, 0) is 6.54 Å². The molecule has 2 aromatic carbocycles. The Balaban J connectivity index is 1.57. The largest absolute Gasteiger partial charge is 0.454 e. The first-order valence-electron chi connectivity index (χ1n) is 9.56. The normalized spacial score (nSPS) is 12.5. The molecule has 1 aliphatic rings. The minimum absolute atomic E-state index is 0.200. The highest BCUT2D eigenvalue weighted by molar-refractivity contribution is 6.10. The molecule has 30 heavy (non-hydrogen) atoms. The molecule has 3 aromatic rings. The number of amides is 1. The van der Waals surface area contributed by atoms with Crippen LogP contribution < -0.4 is 20.1 Å². The van der Waals surface area contributed by atoms with Gasteiger partial charge in [0, 0.05) is 29.7 Å². The third-order valence-corrected chi connectivity index (χ3v) is 4.52. The van der Waals surface area contributed by atoms with Crippen molar-refractivity contribution in [3.63, 3.8) is 0 Å². The molecule has 7 heteroatoms. The molecule has 0 aliphatic carbocycles. The second-order valence-corrected chi connectivity index (χ2v) is 7.04. The summed E-state index contributed by atoms with van der Waals surface area (Å²) in [7, 11) is 0. The number of nitrogens with one attached hydrogen (secondary N) is 2. The van der Waals surface area contributed by atoms with Gasteiger partial charge in [0.1, 0.15) is 0 Å². The Hall–Kier alpha value is -3.87. The molecule has 152 valence electrons. The number of aliphatic imine (C=N–C) groups is 1. The van der Waals surface area contributed by atoms with Gasteiger partial charge in [0.15, 0.2) is 11.5 Å². The first-order valence-corrected chi connectivity index (χ1v) is 9.56. The number of carbonyl (C=O) groups excluding carboxylic acids is 1. The van der Waals surface area contributed by atoms with Crippen molar-refractivity contribution in [2.24, 2.45) is 4.99 Å². The predicted molar refractivity (Wildman–Crippen MR) is 115 cm³/mol. The van der Waals surface area contributed by atoms with Crippen LogP contribution >= 0.6 is 0 Å². The molecular formula is C23H22N4O3. The average Bonchev–Trinajstić information content (AvgIpc) is 3.20. The molecule has 0 fully saturated rings. The van der Waals surface area contributed by atoms with Crippen LogP contribution in [0, 0.1) is 13.8 Å². The van der Waals surface area contributed by atoms with Crippen molar-refractivity contribution in [3.8, 4) is 11.5 Å². The van der Waals surface area contributed by atoms with Gasteiger partial charge in [-0.1, -0.05) is 17.2 Å². The van der Waals surface area contributed by atoms with Crippen molar-refractivity contribution in [1.82, 2.24) is 10.3 Å². The van der Waals surface area contributed by atoms with Crippen molar-refractivity contribution in [2.45, 2.75) is 20.4 Å². The molecule has 0 bridgehead atoms. The first-order chi connectivity index (χ1) is 14.6. The minimum Gasteiger partial charge on any atom is -0.454 e. The number of nitrogens with zero attached hydrogens (tertiary/aromatic N) is 2. The summed E-state index contributed by atoms with van der Waals surface area (Å²) in [5, 5.41) is 6.06. The van der Waals surface area contributed by atoms with E-state index in [9.17, 15) is 4.79 Å². The highest BCUT2D eigenvalue weighted by Crippen LogP contribution is 2.34. The molecule has 0 saturated carbocycles. The lowest BCUT2D eigenvalue weighted by Gasteiger charge is -2.13. The maximum Gasteiger partial charge on any atom is 0.257 e. The van der Waals surface area contributed by atoms with Gasteiger partial charge < -0.3 is 14.8 Å². The first kappa shape index (κ1) is 19.4. The van der Waals surface area contributed by atoms with E-state index in [0.29, 0.717) is 29.6 Å². The summed E-state index contributed by atoms with van der Waals surface area (Å²) >= 11 is 0. The van der Waals surface area contributed by atoms with E-state index in [1.807, 2.05) is 62.4 Å². The highest BCUT2D eigenvalue weighted by Gasteiger charge is 2.15. The third kappa shape index (κ3) is 4.75. The lowest BCUT2D eigenvalue weighted by atomic mass is 10.1.